The van der Waals surface area contributed by atoms with Crippen LogP contribution in [0.4, 0.5) is 0 Å². The molecule has 5 nitrogen and oxygen atoms in total. The minimum absolute atomic E-state index is 0.134. The van der Waals surface area contributed by atoms with Gasteiger partial charge in [-0.3, -0.25) is 4.79 Å². The average molecular weight is 411 g/mol. The normalized spacial score (nSPS) is 17.7. The molecule has 0 aliphatic heterocycles. The lowest BCUT2D eigenvalue weighted by molar-refractivity contribution is 0.0940. The van der Waals surface area contributed by atoms with Crippen molar-refractivity contribution in [1.82, 2.24) is 10.3 Å². The van der Waals surface area contributed by atoms with Gasteiger partial charge < -0.3 is 10.3 Å². The third-order valence-electron chi connectivity index (χ3n) is 5.85. The second kappa shape index (κ2) is 7.34. The maximum Gasteiger partial charge on any atom is 0.251 e. The topological polar surface area (TPSA) is 79.0 Å². The second-order valence-electron chi connectivity index (χ2n) is 8.23. The molecule has 6 heteroatoms. The van der Waals surface area contributed by atoms with Crippen LogP contribution >= 0.6 is 0 Å². The first-order valence-corrected chi connectivity index (χ1v) is 11.9. The summed E-state index contributed by atoms with van der Waals surface area (Å²) in [6.45, 7) is 4.17. The van der Waals surface area contributed by atoms with E-state index < -0.39 is 9.84 Å². The van der Waals surface area contributed by atoms with E-state index in [-0.39, 0.29) is 16.8 Å². The molecule has 29 heavy (non-hydrogen) atoms. The highest BCUT2D eigenvalue weighted by molar-refractivity contribution is 7.90. The zero-order valence-corrected chi connectivity index (χ0v) is 17.8. The Kier molecular flexibility index (Phi) is 4.99. The van der Waals surface area contributed by atoms with E-state index in [0.29, 0.717) is 11.5 Å². The van der Waals surface area contributed by atoms with Crippen molar-refractivity contribution in [2.24, 2.45) is 5.92 Å². The zero-order chi connectivity index (χ0) is 20.8. The Balaban J connectivity index is 1.55. The number of sulfone groups is 1. The number of carbonyl (C=O) groups is 1. The fourth-order valence-electron chi connectivity index (χ4n) is 4.10. The van der Waals surface area contributed by atoms with Crippen molar-refractivity contribution in [2.75, 3.05) is 6.26 Å². The standard InChI is InChI=1S/C23H26N2O3S/c1-14-4-10-21-19(12-14)20-13-17(7-11-22(20)25-21)23(26)24-15(2)16-5-8-18(9-6-16)29(3,27)28/h5-9,11,13-15,25H,4,10,12H2,1-3H3,(H,24,26)/t14-,15-/m0/s1. The van der Waals surface area contributed by atoms with Crippen molar-refractivity contribution in [3.8, 4) is 0 Å². The van der Waals surface area contributed by atoms with E-state index in [2.05, 4.69) is 17.2 Å². The third kappa shape index (κ3) is 3.94. The Morgan fingerprint density at radius 1 is 1.17 bits per heavy atom. The summed E-state index contributed by atoms with van der Waals surface area (Å²) >= 11 is 0. The minimum Gasteiger partial charge on any atom is -0.358 e. The maximum absolute atomic E-state index is 12.8. The summed E-state index contributed by atoms with van der Waals surface area (Å²) < 4.78 is 23.2. The molecule has 1 amide bonds. The van der Waals surface area contributed by atoms with Crippen LogP contribution in [-0.4, -0.2) is 25.6 Å². The number of nitrogens with one attached hydrogen (secondary N) is 2. The van der Waals surface area contributed by atoms with E-state index in [4.69, 9.17) is 0 Å². The molecule has 0 fully saturated rings. The van der Waals surface area contributed by atoms with E-state index in [1.807, 2.05) is 25.1 Å². The summed E-state index contributed by atoms with van der Waals surface area (Å²) in [4.78, 5) is 16.6. The smallest absolute Gasteiger partial charge is 0.251 e. The van der Waals surface area contributed by atoms with E-state index in [0.717, 1.165) is 29.3 Å². The molecule has 0 unspecified atom stereocenters. The first kappa shape index (κ1) is 19.7. The van der Waals surface area contributed by atoms with Crippen LogP contribution in [0.25, 0.3) is 10.9 Å². The Morgan fingerprint density at radius 2 is 1.90 bits per heavy atom. The first-order chi connectivity index (χ1) is 13.7. The highest BCUT2D eigenvalue weighted by Gasteiger charge is 2.21. The van der Waals surface area contributed by atoms with E-state index in [9.17, 15) is 13.2 Å². The van der Waals surface area contributed by atoms with Gasteiger partial charge in [0.05, 0.1) is 10.9 Å². The number of benzene rings is 2. The molecule has 0 saturated heterocycles. The molecule has 0 radical (unpaired) electrons. The average Bonchev–Trinajstić information content (AvgIpc) is 3.04. The van der Waals surface area contributed by atoms with Crippen LogP contribution in [0.5, 0.6) is 0 Å². The lowest BCUT2D eigenvalue weighted by Crippen LogP contribution is -2.26. The number of H-pyrrole nitrogens is 1. The van der Waals surface area contributed by atoms with Gasteiger partial charge in [-0.15, -0.1) is 0 Å². The second-order valence-corrected chi connectivity index (χ2v) is 10.2. The van der Waals surface area contributed by atoms with Crippen LogP contribution in [0.3, 0.4) is 0 Å². The highest BCUT2D eigenvalue weighted by Crippen LogP contribution is 2.32. The summed E-state index contributed by atoms with van der Waals surface area (Å²) in [5, 5.41) is 4.16. The summed E-state index contributed by atoms with van der Waals surface area (Å²) in [6.07, 6.45) is 4.49. The molecule has 0 bridgehead atoms. The minimum atomic E-state index is -3.23. The number of carbonyl (C=O) groups excluding carboxylic acids is 1. The van der Waals surface area contributed by atoms with E-state index in [1.54, 1.807) is 24.3 Å². The summed E-state index contributed by atoms with van der Waals surface area (Å²) in [5.41, 5.74) is 5.23. The molecule has 152 valence electrons. The van der Waals surface area contributed by atoms with Crippen LogP contribution in [0.15, 0.2) is 47.4 Å². The molecule has 2 aromatic carbocycles. The molecular formula is C23H26N2O3S. The summed E-state index contributed by atoms with van der Waals surface area (Å²) in [5.74, 6) is 0.527. The van der Waals surface area contributed by atoms with Gasteiger partial charge in [-0.2, -0.15) is 0 Å². The van der Waals surface area contributed by atoms with Crippen LogP contribution < -0.4 is 5.32 Å². The van der Waals surface area contributed by atoms with Gasteiger partial charge in [0.15, 0.2) is 9.84 Å². The SMILES string of the molecule is C[C@H]1CCc2[nH]c3ccc(C(=O)N[C@@H](C)c4ccc(S(C)(=O)=O)cc4)cc3c2C1. The molecule has 2 N–H and O–H groups in total. The molecule has 0 spiro atoms. The lowest BCUT2D eigenvalue weighted by Gasteiger charge is -2.18. The fraction of sp³-hybridized carbons (Fsp3) is 0.348. The van der Waals surface area contributed by atoms with Gasteiger partial charge in [-0.1, -0.05) is 19.1 Å². The van der Waals surface area contributed by atoms with Gasteiger partial charge in [0, 0.05) is 28.4 Å². The lowest BCUT2D eigenvalue weighted by atomic mass is 9.87. The van der Waals surface area contributed by atoms with Crippen molar-refractivity contribution in [1.29, 1.82) is 0 Å². The Bertz CT molecular complexity index is 1180. The Hall–Kier alpha value is -2.60. The number of rotatable bonds is 4. The molecular weight excluding hydrogens is 384 g/mol. The van der Waals surface area contributed by atoms with Crippen molar-refractivity contribution in [3.63, 3.8) is 0 Å². The quantitative estimate of drug-likeness (QED) is 0.677. The molecule has 1 aromatic heterocycles. The van der Waals surface area contributed by atoms with Crippen molar-refractivity contribution in [2.45, 2.75) is 44.0 Å². The predicted molar refractivity (Wildman–Crippen MR) is 115 cm³/mol. The fourth-order valence-corrected chi connectivity index (χ4v) is 4.73. The number of aromatic amines is 1. The van der Waals surface area contributed by atoms with Crippen LogP contribution in [0.1, 0.15) is 53.5 Å². The van der Waals surface area contributed by atoms with Crippen molar-refractivity contribution >= 4 is 26.6 Å². The molecule has 1 heterocycles. The molecule has 1 aliphatic carbocycles. The number of hydrogen-bond acceptors (Lipinski definition) is 3. The highest BCUT2D eigenvalue weighted by atomic mass is 32.2. The monoisotopic (exact) mass is 410 g/mol. The maximum atomic E-state index is 12.8. The van der Waals surface area contributed by atoms with E-state index >= 15 is 0 Å². The number of aromatic nitrogens is 1. The van der Waals surface area contributed by atoms with Gasteiger partial charge in [-0.25, -0.2) is 8.42 Å². The van der Waals surface area contributed by atoms with Gasteiger partial charge in [-0.05, 0) is 73.6 Å². The van der Waals surface area contributed by atoms with Gasteiger partial charge >= 0.3 is 0 Å². The zero-order valence-electron chi connectivity index (χ0n) is 17.0. The van der Waals surface area contributed by atoms with Crippen molar-refractivity contribution in [3.05, 3.63) is 64.8 Å². The number of aryl methyl sites for hydroxylation is 1. The molecule has 1 aliphatic rings. The number of fused-ring (bicyclic) bond motifs is 3. The van der Waals surface area contributed by atoms with Crippen LogP contribution in [0, 0.1) is 5.92 Å². The summed E-state index contributed by atoms with van der Waals surface area (Å²) in [7, 11) is -3.23. The molecule has 4 rings (SSSR count). The summed E-state index contributed by atoms with van der Waals surface area (Å²) in [6, 6.07) is 12.2. The first-order valence-electron chi connectivity index (χ1n) is 9.96. The molecule has 3 aromatic rings. The van der Waals surface area contributed by atoms with Gasteiger partial charge in [0.2, 0.25) is 0 Å². The largest absolute Gasteiger partial charge is 0.358 e. The van der Waals surface area contributed by atoms with Gasteiger partial charge in [0.25, 0.3) is 5.91 Å². The Morgan fingerprint density at radius 3 is 2.59 bits per heavy atom. The van der Waals surface area contributed by atoms with Crippen molar-refractivity contribution < 1.29 is 13.2 Å². The van der Waals surface area contributed by atoms with E-state index in [1.165, 1.54) is 23.9 Å². The predicted octanol–water partition coefficient (Wildman–Crippen LogP) is 4.19. The molecule has 0 saturated carbocycles. The van der Waals surface area contributed by atoms with Crippen LogP contribution in [-0.2, 0) is 22.7 Å². The Labute approximate surface area is 171 Å². The number of amides is 1. The molecule has 2 atom stereocenters. The number of hydrogen-bond donors (Lipinski definition) is 2. The van der Waals surface area contributed by atoms with Crippen LogP contribution in [0.2, 0.25) is 0 Å². The third-order valence-corrected chi connectivity index (χ3v) is 6.98. The van der Waals surface area contributed by atoms with Gasteiger partial charge in [0.1, 0.15) is 0 Å².